The van der Waals surface area contributed by atoms with Crippen LogP contribution >= 0.6 is 0 Å². The molecule has 0 aliphatic carbocycles. The van der Waals surface area contributed by atoms with Gasteiger partial charge in [-0.15, -0.1) is 0 Å². The third-order valence-corrected chi connectivity index (χ3v) is 3.47. The van der Waals surface area contributed by atoms with E-state index in [2.05, 4.69) is 16.8 Å². The first-order valence-corrected chi connectivity index (χ1v) is 6.43. The second-order valence-electron chi connectivity index (χ2n) is 5.28. The van der Waals surface area contributed by atoms with Crippen molar-refractivity contribution in [1.82, 2.24) is 9.80 Å². The molecule has 0 radical (unpaired) electrons. The summed E-state index contributed by atoms with van der Waals surface area (Å²) in [5.41, 5.74) is 0.868. The van der Waals surface area contributed by atoms with Crippen LogP contribution in [0, 0.1) is 6.92 Å². The number of aryl methyl sites for hydroxylation is 1. The standard InChI is InChI=1S/C14H19F3N2/c1-11-7-12(9-13(8-11)14(15,16)17)10-19-5-3-18(2)4-6-19/h7-9H,3-6,10H2,1-2H3. The first kappa shape index (κ1) is 14.3. The van der Waals surface area contributed by atoms with E-state index in [9.17, 15) is 13.2 Å². The van der Waals surface area contributed by atoms with Gasteiger partial charge in [0, 0.05) is 32.7 Å². The maximum atomic E-state index is 12.8. The SMILES string of the molecule is Cc1cc(CN2CCN(C)CC2)cc(C(F)(F)F)c1. The maximum absolute atomic E-state index is 12.8. The zero-order valence-electron chi connectivity index (χ0n) is 11.3. The minimum Gasteiger partial charge on any atom is -0.304 e. The normalized spacial score (nSPS) is 18.8. The number of rotatable bonds is 2. The molecule has 106 valence electrons. The third-order valence-electron chi connectivity index (χ3n) is 3.47. The van der Waals surface area contributed by atoms with Crippen LogP contribution in [0.5, 0.6) is 0 Å². The number of hydrogen-bond acceptors (Lipinski definition) is 2. The summed E-state index contributed by atoms with van der Waals surface area (Å²) in [7, 11) is 2.06. The van der Waals surface area contributed by atoms with Crippen molar-refractivity contribution in [2.75, 3.05) is 33.2 Å². The summed E-state index contributed by atoms with van der Waals surface area (Å²) < 4.78 is 38.3. The Bertz CT molecular complexity index is 435. The molecule has 2 rings (SSSR count). The van der Waals surface area contributed by atoms with Gasteiger partial charge in [-0.1, -0.05) is 11.6 Å². The van der Waals surface area contributed by atoms with Crippen molar-refractivity contribution in [3.05, 3.63) is 34.9 Å². The number of hydrogen-bond donors (Lipinski definition) is 0. The number of piperazine rings is 1. The predicted molar refractivity (Wildman–Crippen MR) is 69.0 cm³/mol. The van der Waals surface area contributed by atoms with Gasteiger partial charge in [0.05, 0.1) is 5.56 Å². The highest BCUT2D eigenvalue weighted by Gasteiger charge is 2.31. The van der Waals surface area contributed by atoms with E-state index in [-0.39, 0.29) is 0 Å². The van der Waals surface area contributed by atoms with Gasteiger partial charge in [0.15, 0.2) is 0 Å². The van der Waals surface area contributed by atoms with Crippen LogP contribution in [0.25, 0.3) is 0 Å². The zero-order valence-corrected chi connectivity index (χ0v) is 11.3. The van der Waals surface area contributed by atoms with Gasteiger partial charge in [-0.2, -0.15) is 13.2 Å². The highest BCUT2D eigenvalue weighted by Crippen LogP contribution is 2.30. The van der Waals surface area contributed by atoms with Gasteiger partial charge in [0.2, 0.25) is 0 Å². The fourth-order valence-corrected chi connectivity index (χ4v) is 2.38. The van der Waals surface area contributed by atoms with Crippen molar-refractivity contribution in [2.24, 2.45) is 0 Å². The van der Waals surface area contributed by atoms with Gasteiger partial charge in [-0.25, -0.2) is 0 Å². The third kappa shape index (κ3) is 3.94. The largest absolute Gasteiger partial charge is 0.416 e. The maximum Gasteiger partial charge on any atom is 0.416 e. The minimum atomic E-state index is -4.26. The van der Waals surface area contributed by atoms with Crippen molar-refractivity contribution < 1.29 is 13.2 Å². The van der Waals surface area contributed by atoms with E-state index in [1.165, 1.54) is 12.1 Å². The summed E-state index contributed by atoms with van der Waals surface area (Å²) in [4.78, 5) is 4.43. The van der Waals surface area contributed by atoms with Crippen molar-refractivity contribution >= 4 is 0 Å². The summed E-state index contributed by atoms with van der Waals surface area (Å²) in [6.45, 7) is 6.06. The molecule has 0 amide bonds. The zero-order chi connectivity index (χ0) is 14.0. The summed E-state index contributed by atoms with van der Waals surface area (Å²) in [6.07, 6.45) is -4.26. The molecule has 0 bridgehead atoms. The molecule has 0 N–H and O–H groups in total. The second kappa shape index (κ2) is 5.51. The fourth-order valence-electron chi connectivity index (χ4n) is 2.38. The quantitative estimate of drug-likeness (QED) is 0.817. The number of halogens is 3. The molecule has 0 aromatic heterocycles. The number of alkyl halides is 3. The highest BCUT2D eigenvalue weighted by atomic mass is 19.4. The summed E-state index contributed by atoms with van der Waals surface area (Å²) >= 11 is 0. The van der Waals surface area contributed by atoms with Gasteiger partial charge in [0.1, 0.15) is 0 Å². The molecule has 2 nitrogen and oxygen atoms in total. The molecule has 1 aromatic carbocycles. The Morgan fingerprint density at radius 3 is 2.26 bits per heavy atom. The van der Waals surface area contributed by atoms with E-state index in [0.717, 1.165) is 31.7 Å². The van der Waals surface area contributed by atoms with Crippen LogP contribution in [0.3, 0.4) is 0 Å². The molecule has 19 heavy (non-hydrogen) atoms. The Hall–Kier alpha value is -1.07. The Balaban J connectivity index is 2.10. The van der Waals surface area contributed by atoms with Crippen molar-refractivity contribution in [2.45, 2.75) is 19.6 Å². The van der Waals surface area contributed by atoms with E-state index >= 15 is 0 Å². The lowest BCUT2D eigenvalue weighted by Gasteiger charge is -2.32. The Labute approximate surface area is 111 Å². The lowest BCUT2D eigenvalue weighted by atomic mass is 10.1. The molecule has 1 heterocycles. The van der Waals surface area contributed by atoms with Crippen LogP contribution in [0.4, 0.5) is 13.2 Å². The molecular formula is C14H19F3N2. The molecule has 0 saturated carbocycles. The van der Waals surface area contributed by atoms with Crippen molar-refractivity contribution in [3.8, 4) is 0 Å². The van der Waals surface area contributed by atoms with Crippen LogP contribution in [0.15, 0.2) is 18.2 Å². The first-order valence-electron chi connectivity index (χ1n) is 6.43. The monoisotopic (exact) mass is 272 g/mol. The molecule has 1 aromatic rings. The van der Waals surface area contributed by atoms with Gasteiger partial charge in [0.25, 0.3) is 0 Å². The van der Waals surface area contributed by atoms with E-state index in [1.54, 1.807) is 6.92 Å². The molecule has 5 heteroatoms. The van der Waals surface area contributed by atoms with E-state index in [4.69, 9.17) is 0 Å². The second-order valence-corrected chi connectivity index (χ2v) is 5.28. The number of likely N-dealkylation sites (N-methyl/N-ethyl adjacent to an activating group) is 1. The lowest BCUT2D eigenvalue weighted by Crippen LogP contribution is -2.43. The first-order chi connectivity index (χ1) is 8.84. The number of benzene rings is 1. The van der Waals surface area contributed by atoms with Crippen LogP contribution in [-0.2, 0) is 12.7 Å². The Morgan fingerprint density at radius 2 is 1.68 bits per heavy atom. The Kier molecular flexibility index (Phi) is 4.16. The van der Waals surface area contributed by atoms with E-state index in [0.29, 0.717) is 12.1 Å². The minimum absolute atomic E-state index is 0.545. The van der Waals surface area contributed by atoms with Gasteiger partial charge >= 0.3 is 6.18 Å². The highest BCUT2D eigenvalue weighted by molar-refractivity contribution is 5.31. The topological polar surface area (TPSA) is 6.48 Å². The summed E-state index contributed by atoms with van der Waals surface area (Å²) in [6, 6.07) is 4.31. The fraction of sp³-hybridized carbons (Fsp3) is 0.571. The number of nitrogens with zero attached hydrogens (tertiary/aromatic N) is 2. The van der Waals surface area contributed by atoms with Gasteiger partial charge in [-0.05, 0) is 31.7 Å². The average Bonchev–Trinajstić information content (AvgIpc) is 2.30. The predicted octanol–water partition coefficient (Wildman–Crippen LogP) is 2.76. The molecule has 1 aliphatic rings. The molecule has 1 fully saturated rings. The summed E-state index contributed by atoms with van der Waals surface area (Å²) in [5.74, 6) is 0. The van der Waals surface area contributed by atoms with E-state index in [1.807, 2.05) is 6.07 Å². The van der Waals surface area contributed by atoms with Crippen LogP contribution in [0.2, 0.25) is 0 Å². The molecular weight excluding hydrogens is 253 g/mol. The van der Waals surface area contributed by atoms with E-state index < -0.39 is 11.7 Å². The van der Waals surface area contributed by atoms with Crippen molar-refractivity contribution in [1.29, 1.82) is 0 Å². The summed E-state index contributed by atoms with van der Waals surface area (Å²) in [5, 5.41) is 0. The van der Waals surface area contributed by atoms with Crippen LogP contribution < -0.4 is 0 Å². The van der Waals surface area contributed by atoms with Crippen LogP contribution in [-0.4, -0.2) is 43.0 Å². The van der Waals surface area contributed by atoms with Crippen molar-refractivity contribution in [3.63, 3.8) is 0 Å². The lowest BCUT2D eigenvalue weighted by molar-refractivity contribution is -0.137. The van der Waals surface area contributed by atoms with Gasteiger partial charge < -0.3 is 4.90 Å². The van der Waals surface area contributed by atoms with Gasteiger partial charge in [-0.3, -0.25) is 4.90 Å². The smallest absolute Gasteiger partial charge is 0.304 e. The molecule has 1 aliphatic heterocycles. The molecule has 1 saturated heterocycles. The Morgan fingerprint density at radius 1 is 1.05 bits per heavy atom. The molecule has 0 atom stereocenters. The molecule has 0 spiro atoms. The average molecular weight is 272 g/mol. The molecule has 0 unspecified atom stereocenters. The van der Waals surface area contributed by atoms with Crippen LogP contribution in [0.1, 0.15) is 16.7 Å².